The number of piperidine rings is 1. The predicted molar refractivity (Wildman–Crippen MR) is 86.8 cm³/mol. The highest BCUT2D eigenvalue weighted by Crippen LogP contribution is 2.30. The van der Waals surface area contributed by atoms with E-state index in [-0.39, 0.29) is 11.8 Å². The van der Waals surface area contributed by atoms with Crippen LogP contribution in [0.25, 0.3) is 0 Å². The van der Waals surface area contributed by atoms with Gasteiger partial charge in [-0.3, -0.25) is 9.69 Å². The molecule has 0 saturated carbocycles. The van der Waals surface area contributed by atoms with Crippen LogP contribution < -0.4 is 0 Å². The number of halogens is 3. The normalized spacial score (nSPS) is 20.7. The molecule has 2 fully saturated rings. The van der Waals surface area contributed by atoms with E-state index in [1.54, 1.807) is 6.07 Å². The molecule has 0 spiro atoms. The minimum atomic E-state index is -4.31. The Bertz CT molecular complexity index is 592. The highest BCUT2D eigenvalue weighted by Gasteiger charge is 2.31. The number of hydrogen-bond donors (Lipinski definition) is 0. The van der Waals surface area contributed by atoms with Gasteiger partial charge < -0.3 is 9.64 Å². The zero-order valence-electron chi connectivity index (χ0n) is 14.1. The molecule has 4 nitrogen and oxygen atoms in total. The number of morpholine rings is 1. The van der Waals surface area contributed by atoms with Gasteiger partial charge in [0.15, 0.2) is 0 Å². The molecular weight excluding hydrogens is 333 g/mol. The quantitative estimate of drug-likeness (QED) is 0.835. The van der Waals surface area contributed by atoms with E-state index in [9.17, 15) is 18.0 Å². The maximum atomic E-state index is 12.8. The lowest BCUT2D eigenvalue weighted by Gasteiger charge is -2.35. The molecule has 0 unspecified atom stereocenters. The van der Waals surface area contributed by atoms with Gasteiger partial charge in [-0.25, -0.2) is 0 Å². The van der Waals surface area contributed by atoms with Crippen LogP contribution in [0.3, 0.4) is 0 Å². The van der Waals surface area contributed by atoms with Gasteiger partial charge in [-0.05, 0) is 37.6 Å². The summed E-state index contributed by atoms with van der Waals surface area (Å²) in [4.78, 5) is 16.5. The van der Waals surface area contributed by atoms with Gasteiger partial charge in [0, 0.05) is 25.6 Å². The first-order valence-corrected chi connectivity index (χ1v) is 8.68. The summed E-state index contributed by atoms with van der Waals surface area (Å²) in [6, 6.07) is 5.48. The Balaban J connectivity index is 1.52. The molecule has 1 aromatic carbocycles. The fourth-order valence-corrected chi connectivity index (χ4v) is 3.48. The highest BCUT2D eigenvalue weighted by atomic mass is 19.4. The van der Waals surface area contributed by atoms with Crippen LogP contribution in [0.2, 0.25) is 0 Å². The van der Waals surface area contributed by atoms with Gasteiger partial charge in [-0.1, -0.05) is 18.2 Å². The zero-order valence-corrected chi connectivity index (χ0v) is 14.1. The number of carbonyl (C=O) groups excluding carboxylic acids is 1. The molecule has 0 bridgehead atoms. The van der Waals surface area contributed by atoms with Crippen molar-refractivity contribution in [3.8, 4) is 0 Å². The van der Waals surface area contributed by atoms with Crippen molar-refractivity contribution in [3.63, 3.8) is 0 Å². The lowest BCUT2D eigenvalue weighted by molar-refractivity contribution is -0.141. The van der Waals surface area contributed by atoms with Crippen LogP contribution in [0, 0.1) is 5.92 Å². The highest BCUT2D eigenvalue weighted by molar-refractivity contribution is 5.79. The molecule has 0 aliphatic carbocycles. The van der Waals surface area contributed by atoms with Gasteiger partial charge in [0.1, 0.15) is 0 Å². The Kier molecular flexibility index (Phi) is 5.64. The first kappa shape index (κ1) is 18.2. The first-order chi connectivity index (χ1) is 11.9. The second-order valence-corrected chi connectivity index (χ2v) is 6.69. The molecule has 138 valence electrons. The minimum Gasteiger partial charge on any atom is -0.378 e. The van der Waals surface area contributed by atoms with E-state index >= 15 is 0 Å². The van der Waals surface area contributed by atoms with Crippen molar-refractivity contribution in [2.45, 2.75) is 25.6 Å². The third kappa shape index (κ3) is 4.73. The number of benzene rings is 1. The van der Waals surface area contributed by atoms with E-state index < -0.39 is 11.7 Å². The number of likely N-dealkylation sites (tertiary alicyclic amines) is 1. The van der Waals surface area contributed by atoms with Gasteiger partial charge in [-0.15, -0.1) is 0 Å². The molecule has 2 aliphatic rings. The molecule has 0 aromatic heterocycles. The predicted octanol–water partition coefficient (Wildman–Crippen LogP) is 2.78. The van der Waals surface area contributed by atoms with Crippen molar-refractivity contribution in [3.05, 3.63) is 35.4 Å². The average Bonchev–Trinajstić information content (AvgIpc) is 2.62. The Morgan fingerprint density at radius 1 is 1.12 bits per heavy atom. The Morgan fingerprint density at radius 2 is 1.80 bits per heavy atom. The van der Waals surface area contributed by atoms with E-state index in [2.05, 4.69) is 4.90 Å². The monoisotopic (exact) mass is 356 g/mol. The van der Waals surface area contributed by atoms with Gasteiger partial charge in [0.05, 0.1) is 18.8 Å². The van der Waals surface area contributed by atoms with E-state index in [0.29, 0.717) is 38.4 Å². The number of nitrogens with zero attached hydrogens (tertiary/aromatic N) is 2. The molecule has 2 heterocycles. The maximum Gasteiger partial charge on any atom is 0.416 e. The fourth-order valence-electron chi connectivity index (χ4n) is 3.48. The summed E-state index contributed by atoms with van der Waals surface area (Å²) in [6.45, 7) is 4.46. The summed E-state index contributed by atoms with van der Waals surface area (Å²) < 4.78 is 43.7. The summed E-state index contributed by atoms with van der Waals surface area (Å²) in [7, 11) is 0. The average molecular weight is 356 g/mol. The second-order valence-electron chi connectivity index (χ2n) is 6.69. The summed E-state index contributed by atoms with van der Waals surface area (Å²) in [6.07, 6.45) is -2.79. The van der Waals surface area contributed by atoms with Gasteiger partial charge in [0.25, 0.3) is 0 Å². The topological polar surface area (TPSA) is 32.8 Å². The molecule has 0 radical (unpaired) electrons. The van der Waals surface area contributed by atoms with Crippen LogP contribution in [-0.2, 0) is 22.3 Å². The number of hydrogen-bond acceptors (Lipinski definition) is 3. The molecule has 2 aliphatic heterocycles. The number of ether oxygens (including phenoxy) is 1. The summed E-state index contributed by atoms with van der Waals surface area (Å²) >= 11 is 0. The van der Waals surface area contributed by atoms with E-state index in [1.165, 1.54) is 12.1 Å². The van der Waals surface area contributed by atoms with Crippen molar-refractivity contribution in [1.82, 2.24) is 9.80 Å². The molecule has 25 heavy (non-hydrogen) atoms. The third-order valence-electron chi connectivity index (χ3n) is 4.92. The van der Waals surface area contributed by atoms with Crippen molar-refractivity contribution in [2.24, 2.45) is 5.92 Å². The molecule has 1 aromatic rings. The SMILES string of the molecule is O=C(C1CCN(Cc2cccc(C(F)(F)F)c2)CC1)N1CCOCC1. The zero-order chi connectivity index (χ0) is 17.9. The van der Waals surface area contributed by atoms with Gasteiger partial charge in [0.2, 0.25) is 5.91 Å². The van der Waals surface area contributed by atoms with Crippen LogP contribution in [0.5, 0.6) is 0 Å². The Morgan fingerprint density at radius 3 is 2.44 bits per heavy atom. The third-order valence-corrected chi connectivity index (χ3v) is 4.92. The summed E-state index contributed by atoms with van der Waals surface area (Å²) in [5.74, 6) is 0.220. The first-order valence-electron chi connectivity index (χ1n) is 8.68. The lowest BCUT2D eigenvalue weighted by Crippen LogP contribution is -2.46. The second kappa shape index (κ2) is 7.74. The molecule has 2 saturated heterocycles. The Labute approximate surface area is 145 Å². The van der Waals surface area contributed by atoms with E-state index in [1.807, 2.05) is 4.90 Å². The van der Waals surface area contributed by atoms with E-state index in [0.717, 1.165) is 32.0 Å². The van der Waals surface area contributed by atoms with Crippen LogP contribution in [0.4, 0.5) is 13.2 Å². The summed E-state index contributed by atoms with van der Waals surface area (Å²) in [5, 5.41) is 0. The fraction of sp³-hybridized carbons (Fsp3) is 0.611. The Hall–Kier alpha value is -1.60. The maximum absolute atomic E-state index is 12.8. The molecule has 0 N–H and O–H groups in total. The molecule has 3 rings (SSSR count). The van der Waals surface area contributed by atoms with Crippen LogP contribution in [-0.4, -0.2) is 55.1 Å². The van der Waals surface area contributed by atoms with Gasteiger partial charge >= 0.3 is 6.18 Å². The van der Waals surface area contributed by atoms with Gasteiger partial charge in [-0.2, -0.15) is 13.2 Å². The van der Waals surface area contributed by atoms with E-state index in [4.69, 9.17) is 4.74 Å². The number of amides is 1. The number of alkyl halides is 3. The minimum absolute atomic E-state index is 0.0239. The van der Waals surface area contributed by atoms with Crippen LogP contribution >= 0.6 is 0 Å². The number of rotatable bonds is 3. The molecular formula is C18H23F3N2O2. The molecule has 7 heteroatoms. The summed E-state index contributed by atoms with van der Waals surface area (Å²) in [5.41, 5.74) is 0.0511. The van der Waals surface area contributed by atoms with Crippen molar-refractivity contribution in [2.75, 3.05) is 39.4 Å². The van der Waals surface area contributed by atoms with Crippen molar-refractivity contribution >= 4 is 5.91 Å². The lowest BCUT2D eigenvalue weighted by atomic mass is 9.94. The largest absolute Gasteiger partial charge is 0.416 e. The standard InChI is InChI=1S/C18H23F3N2O2/c19-18(20,21)16-3-1-2-14(12-16)13-22-6-4-15(5-7-22)17(24)23-8-10-25-11-9-23/h1-3,12,15H,4-11,13H2. The van der Waals surface area contributed by atoms with Crippen molar-refractivity contribution < 1.29 is 22.7 Å². The molecule has 0 atom stereocenters. The van der Waals surface area contributed by atoms with Crippen molar-refractivity contribution in [1.29, 1.82) is 0 Å². The van der Waals surface area contributed by atoms with Crippen LogP contribution in [0.1, 0.15) is 24.0 Å². The van der Waals surface area contributed by atoms with Crippen LogP contribution in [0.15, 0.2) is 24.3 Å². The smallest absolute Gasteiger partial charge is 0.378 e. The molecule has 1 amide bonds. The number of carbonyl (C=O) groups is 1.